The monoisotopic (exact) mass is 317 g/mol. The van der Waals surface area contributed by atoms with Gasteiger partial charge in [-0.2, -0.15) is 5.10 Å². The highest BCUT2D eigenvalue weighted by atomic mass is 32.2. The van der Waals surface area contributed by atoms with Gasteiger partial charge in [-0.25, -0.2) is 4.68 Å². The fraction of sp³-hybridized carbons (Fsp3) is 0.412. The van der Waals surface area contributed by atoms with Gasteiger partial charge in [-0.1, -0.05) is 31.5 Å². The second-order valence-corrected chi connectivity index (χ2v) is 6.92. The lowest BCUT2D eigenvalue weighted by molar-refractivity contribution is -0.115. The quantitative estimate of drug-likeness (QED) is 0.786. The van der Waals surface area contributed by atoms with Crippen LogP contribution in [0.2, 0.25) is 0 Å². The number of nitrogens with zero attached hydrogens (tertiary/aromatic N) is 2. The van der Waals surface area contributed by atoms with Crippen molar-refractivity contribution in [1.82, 2.24) is 9.78 Å². The third kappa shape index (κ3) is 5.22. The first kappa shape index (κ1) is 16.6. The van der Waals surface area contributed by atoms with Crippen molar-refractivity contribution in [3.8, 4) is 0 Å². The molecule has 0 spiro atoms. The molecule has 0 aliphatic rings. The first-order valence-electron chi connectivity index (χ1n) is 7.55. The third-order valence-corrected chi connectivity index (χ3v) is 4.15. The molecule has 0 bridgehead atoms. The standard InChI is InChI=1S/C17H23N3OS/c1-13(2)12-20-16(8-10-18-20)19-17(21)9-11-22-15-6-4-14(3)5-7-15/h4-8,10,13H,9,11-12H2,1-3H3,(H,19,21). The summed E-state index contributed by atoms with van der Waals surface area (Å²) in [6, 6.07) is 10.2. The Hall–Kier alpha value is -1.75. The lowest BCUT2D eigenvalue weighted by Crippen LogP contribution is -2.17. The van der Waals surface area contributed by atoms with Crippen LogP contribution in [-0.2, 0) is 11.3 Å². The fourth-order valence-corrected chi connectivity index (χ4v) is 2.88. The summed E-state index contributed by atoms with van der Waals surface area (Å²) in [5.41, 5.74) is 1.25. The molecule has 0 aliphatic heterocycles. The Labute approximate surface area is 136 Å². The van der Waals surface area contributed by atoms with E-state index in [1.165, 1.54) is 10.5 Å². The van der Waals surface area contributed by atoms with Crippen LogP contribution in [0.25, 0.3) is 0 Å². The van der Waals surface area contributed by atoms with Crippen molar-refractivity contribution in [1.29, 1.82) is 0 Å². The van der Waals surface area contributed by atoms with Gasteiger partial charge in [0.25, 0.3) is 0 Å². The van der Waals surface area contributed by atoms with Gasteiger partial charge >= 0.3 is 0 Å². The van der Waals surface area contributed by atoms with Gasteiger partial charge in [-0.05, 0) is 25.0 Å². The normalized spacial score (nSPS) is 10.9. The molecule has 1 heterocycles. The minimum absolute atomic E-state index is 0.0325. The number of benzene rings is 1. The van der Waals surface area contributed by atoms with Gasteiger partial charge in [0.15, 0.2) is 0 Å². The van der Waals surface area contributed by atoms with Gasteiger partial charge in [-0.3, -0.25) is 4.79 Å². The van der Waals surface area contributed by atoms with Crippen LogP contribution in [0.1, 0.15) is 25.8 Å². The molecule has 0 aliphatic carbocycles. The number of anilines is 1. The highest BCUT2D eigenvalue weighted by molar-refractivity contribution is 7.99. The Morgan fingerprint density at radius 1 is 1.27 bits per heavy atom. The number of rotatable bonds is 7. The predicted octanol–water partition coefficient (Wildman–Crippen LogP) is 3.97. The number of aryl methyl sites for hydroxylation is 1. The zero-order valence-corrected chi connectivity index (χ0v) is 14.2. The highest BCUT2D eigenvalue weighted by Gasteiger charge is 2.08. The van der Waals surface area contributed by atoms with Crippen LogP contribution in [0.3, 0.4) is 0 Å². The van der Waals surface area contributed by atoms with Crippen LogP contribution >= 0.6 is 11.8 Å². The first-order valence-corrected chi connectivity index (χ1v) is 8.54. The van der Waals surface area contributed by atoms with Gasteiger partial charge in [0, 0.05) is 29.7 Å². The summed E-state index contributed by atoms with van der Waals surface area (Å²) < 4.78 is 1.84. The number of nitrogens with one attached hydrogen (secondary N) is 1. The zero-order chi connectivity index (χ0) is 15.9. The summed E-state index contributed by atoms with van der Waals surface area (Å²) in [5, 5.41) is 7.18. The minimum Gasteiger partial charge on any atom is -0.311 e. The van der Waals surface area contributed by atoms with E-state index in [2.05, 4.69) is 55.5 Å². The molecule has 5 heteroatoms. The van der Waals surface area contributed by atoms with E-state index in [1.54, 1.807) is 18.0 Å². The molecule has 118 valence electrons. The van der Waals surface area contributed by atoms with Crippen LogP contribution < -0.4 is 5.32 Å². The minimum atomic E-state index is 0.0325. The number of carbonyl (C=O) groups is 1. The number of carbonyl (C=O) groups excluding carboxylic acids is 1. The van der Waals surface area contributed by atoms with Crippen molar-refractivity contribution >= 4 is 23.5 Å². The fourth-order valence-electron chi connectivity index (χ4n) is 2.03. The maximum absolute atomic E-state index is 12.0. The van der Waals surface area contributed by atoms with E-state index >= 15 is 0 Å². The lowest BCUT2D eigenvalue weighted by Gasteiger charge is -2.10. The molecule has 0 radical (unpaired) electrons. The highest BCUT2D eigenvalue weighted by Crippen LogP contribution is 2.19. The zero-order valence-electron chi connectivity index (χ0n) is 13.4. The van der Waals surface area contributed by atoms with E-state index in [0.717, 1.165) is 18.1 Å². The number of hydrogen-bond donors (Lipinski definition) is 1. The Morgan fingerprint density at radius 2 is 2.00 bits per heavy atom. The molecule has 2 rings (SSSR count). The molecular formula is C17H23N3OS. The molecule has 0 unspecified atom stereocenters. The largest absolute Gasteiger partial charge is 0.311 e. The van der Waals surface area contributed by atoms with E-state index in [9.17, 15) is 4.79 Å². The number of thioether (sulfide) groups is 1. The SMILES string of the molecule is Cc1ccc(SCCC(=O)Nc2ccnn2CC(C)C)cc1. The molecule has 22 heavy (non-hydrogen) atoms. The topological polar surface area (TPSA) is 46.9 Å². The van der Waals surface area contributed by atoms with Crippen molar-refractivity contribution in [2.45, 2.75) is 38.6 Å². The smallest absolute Gasteiger partial charge is 0.226 e. The van der Waals surface area contributed by atoms with Crippen LogP contribution in [0.15, 0.2) is 41.4 Å². The van der Waals surface area contributed by atoms with Crippen LogP contribution in [0.4, 0.5) is 5.82 Å². The van der Waals surface area contributed by atoms with E-state index < -0.39 is 0 Å². The second-order valence-electron chi connectivity index (χ2n) is 5.75. The van der Waals surface area contributed by atoms with E-state index in [0.29, 0.717) is 12.3 Å². The average molecular weight is 317 g/mol. The Bertz CT molecular complexity index is 605. The summed E-state index contributed by atoms with van der Waals surface area (Å²) in [7, 11) is 0. The third-order valence-electron chi connectivity index (χ3n) is 3.14. The Kier molecular flexibility index (Phi) is 6.07. The van der Waals surface area contributed by atoms with Gasteiger partial charge in [-0.15, -0.1) is 11.8 Å². The maximum Gasteiger partial charge on any atom is 0.226 e. The van der Waals surface area contributed by atoms with Crippen molar-refractivity contribution < 1.29 is 4.79 Å². The molecule has 0 saturated heterocycles. The van der Waals surface area contributed by atoms with Crippen molar-refractivity contribution in [2.75, 3.05) is 11.1 Å². The van der Waals surface area contributed by atoms with Crippen molar-refractivity contribution in [3.05, 3.63) is 42.1 Å². The van der Waals surface area contributed by atoms with E-state index in [-0.39, 0.29) is 5.91 Å². The first-order chi connectivity index (χ1) is 10.5. The predicted molar refractivity (Wildman–Crippen MR) is 92.2 cm³/mol. The maximum atomic E-state index is 12.0. The molecule has 1 aromatic carbocycles. The molecule has 0 atom stereocenters. The van der Waals surface area contributed by atoms with Crippen LogP contribution in [-0.4, -0.2) is 21.4 Å². The molecular weight excluding hydrogens is 294 g/mol. The van der Waals surface area contributed by atoms with Gasteiger partial charge in [0.1, 0.15) is 5.82 Å². The van der Waals surface area contributed by atoms with E-state index in [4.69, 9.17) is 0 Å². The molecule has 0 fully saturated rings. The molecule has 4 nitrogen and oxygen atoms in total. The number of hydrogen-bond acceptors (Lipinski definition) is 3. The van der Waals surface area contributed by atoms with Gasteiger partial charge in [0.05, 0.1) is 6.20 Å². The van der Waals surface area contributed by atoms with Gasteiger partial charge < -0.3 is 5.32 Å². The molecule has 2 aromatic rings. The number of aromatic nitrogens is 2. The average Bonchev–Trinajstić information content (AvgIpc) is 2.87. The lowest BCUT2D eigenvalue weighted by atomic mass is 10.2. The summed E-state index contributed by atoms with van der Waals surface area (Å²) in [4.78, 5) is 13.2. The van der Waals surface area contributed by atoms with Crippen LogP contribution in [0, 0.1) is 12.8 Å². The molecule has 1 amide bonds. The second kappa shape index (κ2) is 8.03. The summed E-state index contributed by atoms with van der Waals surface area (Å²) >= 11 is 1.70. The molecule has 1 N–H and O–H groups in total. The Morgan fingerprint density at radius 3 is 2.68 bits per heavy atom. The summed E-state index contributed by atoms with van der Waals surface area (Å²) in [6.07, 6.45) is 2.21. The van der Waals surface area contributed by atoms with Crippen LogP contribution in [0.5, 0.6) is 0 Å². The summed E-state index contributed by atoms with van der Waals surface area (Å²) in [6.45, 7) is 7.14. The molecule has 1 aromatic heterocycles. The number of amides is 1. The Balaban J connectivity index is 1.78. The molecule has 0 saturated carbocycles. The van der Waals surface area contributed by atoms with Crippen molar-refractivity contribution in [2.24, 2.45) is 5.92 Å². The van der Waals surface area contributed by atoms with Gasteiger partial charge in [0.2, 0.25) is 5.91 Å². The van der Waals surface area contributed by atoms with E-state index in [1.807, 2.05) is 10.7 Å². The summed E-state index contributed by atoms with van der Waals surface area (Å²) in [5.74, 6) is 2.07. The van der Waals surface area contributed by atoms with Crippen molar-refractivity contribution in [3.63, 3.8) is 0 Å².